The SMILES string of the molecule is COc1ccc(Cl)cc1NC(=O)C(=O)NCC1CCN(C(=O)COc2ccccc2)CC1. The standard InChI is InChI=1S/C23H26ClN3O5/c1-31-20-8-7-17(24)13-19(20)26-23(30)22(29)25-14-16-9-11-27(12-10-16)21(28)15-32-18-5-3-2-4-6-18/h2-8,13,16H,9-12,14-15H2,1H3,(H,25,29)(H,26,30). The van der Waals surface area contributed by atoms with Crippen LogP contribution in [-0.4, -0.2) is 56.0 Å². The van der Waals surface area contributed by atoms with Crippen molar-refractivity contribution in [1.82, 2.24) is 10.2 Å². The Morgan fingerprint density at radius 2 is 1.78 bits per heavy atom. The molecule has 8 nitrogen and oxygen atoms in total. The van der Waals surface area contributed by atoms with E-state index < -0.39 is 11.8 Å². The quantitative estimate of drug-likeness (QED) is 0.620. The summed E-state index contributed by atoms with van der Waals surface area (Å²) in [5, 5.41) is 5.59. The summed E-state index contributed by atoms with van der Waals surface area (Å²) >= 11 is 5.94. The van der Waals surface area contributed by atoms with Crippen LogP contribution >= 0.6 is 11.6 Å². The highest BCUT2D eigenvalue weighted by Gasteiger charge is 2.24. The number of ether oxygens (including phenoxy) is 2. The van der Waals surface area contributed by atoms with Crippen molar-refractivity contribution in [2.24, 2.45) is 5.92 Å². The fraction of sp³-hybridized carbons (Fsp3) is 0.348. The van der Waals surface area contributed by atoms with E-state index in [0.717, 1.165) is 12.8 Å². The molecule has 0 radical (unpaired) electrons. The average molecular weight is 460 g/mol. The summed E-state index contributed by atoms with van der Waals surface area (Å²) in [7, 11) is 1.46. The molecular weight excluding hydrogens is 434 g/mol. The molecule has 0 saturated carbocycles. The Morgan fingerprint density at radius 1 is 1.06 bits per heavy atom. The van der Waals surface area contributed by atoms with Crippen LogP contribution in [0.15, 0.2) is 48.5 Å². The van der Waals surface area contributed by atoms with Gasteiger partial charge in [0.1, 0.15) is 11.5 Å². The molecule has 1 heterocycles. The molecular formula is C23H26ClN3O5. The Hall–Kier alpha value is -3.26. The maximum Gasteiger partial charge on any atom is 0.313 e. The first-order valence-corrected chi connectivity index (χ1v) is 10.7. The number of hydrogen-bond donors (Lipinski definition) is 2. The summed E-state index contributed by atoms with van der Waals surface area (Å²) < 4.78 is 10.7. The van der Waals surface area contributed by atoms with Crippen LogP contribution in [0, 0.1) is 5.92 Å². The molecule has 9 heteroatoms. The first-order valence-electron chi connectivity index (χ1n) is 10.3. The Labute approximate surface area is 191 Å². The Morgan fingerprint density at radius 3 is 2.47 bits per heavy atom. The van der Waals surface area contributed by atoms with Crippen molar-refractivity contribution >= 4 is 35.0 Å². The van der Waals surface area contributed by atoms with Crippen LogP contribution in [0.25, 0.3) is 0 Å². The zero-order valence-electron chi connectivity index (χ0n) is 17.8. The number of amides is 3. The second kappa shape index (κ2) is 11.4. The molecule has 0 aromatic heterocycles. The van der Waals surface area contributed by atoms with Crippen molar-refractivity contribution in [3.05, 3.63) is 53.6 Å². The average Bonchev–Trinajstić information content (AvgIpc) is 2.82. The molecule has 1 fully saturated rings. The largest absolute Gasteiger partial charge is 0.495 e. The summed E-state index contributed by atoms with van der Waals surface area (Å²) in [6, 6.07) is 13.9. The fourth-order valence-electron chi connectivity index (χ4n) is 3.41. The first-order chi connectivity index (χ1) is 15.5. The lowest BCUT2D eigenvalue weighted by Gasteiger charge is -2.32. The van der Waals surface area contributed by atoms with E-state index in [2.05, 4.69) is 10.6 Å². The number of methoxy groups -OCH3 is 1. The van der Waals surface area contributed by atoms with E-state index in [1.54, 1.807) is 29.2 Å². The van der Waals surface area contributed by atoms with Gasteiger partial charge < -0.3 is 25.0 Å². The summed E-state index contributed by atoms with van der Waals surface area (Å²) in [5.41, 5.74) is 0.324. The number of piperidine rings is 1. The van der Waals surface area contributed by atoms with Gasteiger partial charge in [-0.3, -0.25) is 14.4 Å². The van der Waals surface area contributed by atoms with E-state index in [1.807, 2.05) is 18.2 Å². The molecule has 1 saturated heterocycles. The number of likely N-dealkylation sites (tertiary alicyclic amines) is 1. The van der Waals surface area contributed by atoms with Crippen molar-refractivity contribution in [1.29, 1.82) is 0 Å². The molecule has 3 amide bonds. The van der Waals surface area contributed by atoms with Crippen LogP contribution in [0.3, 0.4) is 0 Å². The summed E-state index contributed by atoms with van der Waals surface area (Å²) in [4.78, 5) is 38.5. The Bertz CT molecular complexity index is 946. The predicted octanol–water partition coefficient (Wildman–Crippen LogP) is 2.72. The lowest BCUT2D eigenvalue weighted by molar-refractivity contribution is -0.136. The van der Waals surface area contributed by atoms with E-state index >= 15 is 0 Å². The van der Waals surface area contributed by atoms with Gasteiger partial charge in [-0.05, 0) is 49.1 Å². The van der Waals surface area contributed by atoms with Gasteiger partial charge in [-0.15, -0.1) is 0 Å². The minimum atomic E-state index is -0.795. The molecule has 0 atom stereocenters. The third-order valence-corrected chi connectivity index (χ3v) is 5.48. The molecule has 0 bridgehead atoms. The number of halogens is 1. The lowest BCUT2D eigenvalue weighted by Crippen LogP contribution is -2.44. The van der Waals surface area contributed by atoms with Crippen LogP contribution in [0.2, 0.25) is 5.02 Å². The molecule has 1 aliphatic rings. The third-order valence-electron chi connectivity index (χ3n) is 5.24. The number of nitrogens with zero attached hydrogens (tertiary/aromatic N) is 1. The van der Waals surface area contributed by atoms with E-state index in [1.165, 1.54) is 13.2 Å². The highest BCUT2D eigenvalue weighted by atomic mass is 35.5. The molecule has 0 aliphatic carbocycles. The van der Waals surface area contributed by atoms with Gasteiger partial charge in [-0.1, -0.05) is 29.8 Å². The van der Waals surface area contributed by atoms with Gasteiger partial charge in [0, 0.05) is 24.7 Å². The molecule has 0 spiro atoms. The van der Waals surface area contributed by atoms with Crippen LogP contribution < -0.4 is 20.1 Å². The maximum atomic E-state index is 12.3. The number of hydrogen-bond acceptors (Lipinski definition) is 5. The van der Waals surface area contributed by atoms with Gasteiger partial charge in [0.05, 0.1) is 12.8 Å². The summed E-state index contributed by atoms with van der Waals surface area (Å²) in [6.45, 7) is 1.53. The number of carbonyl (C=O) groups is 3. The molecule has 2 aromatic carbocycles. The Kier molecular flexibility index (Phi) is 8.33. The van der Waals surface area contributed by atoms with Crippen molar-refractivity contribution in [2.75, 3.05) is 38.7 Å². The number of anilines is 1. The molecule has 2 aromatic rings. The predicted molar refractivity (Wildman–Crippen MR) is 121 cm³/mol. The second-order valence-corrected chi connectivity index (χ2v) is 7.87. The molecule has 32 heavy (non-hydrogen) atoms. The molecule has 170 valence electrons. The lowest BCUT2D eigenvalue weighted by atomic mass is 9.96. The Balaban J connectivity index is 1.39. The molecule has 3 rings (SSSR count). The number of para-hydroxylation sites is 1. The molecule has 2 N–H and O–H groups in total. The van der Waals surface area contributed by atoms with Gasteiger partial charge >= 0.3 is 11.8 Å². The maximum absolute atomic E-state index is 12.3. The zero-order chi connectivity index (χ0) is 22.9. The highest BCUT2D eigenvalue weighted by Crippen LogP contribution is 2.27. The van der Waals surface area contributed by atoms with Crippen LogP contribution in [0.1, 0.15) is 12.8 Å². The zero-order valence-corrected chi connectivity index (χ0v) is 18.6. The van der Waals surface area contributed by atoms with Gasteiger partial charge in [0.2, 0.25) is 0 Å². The normalized spacial score (nSPS) is 13.9. The molecule has 1 aliphatic heterocycles. The summed E-state index contributed by atoms with van der Waals surface area (Å²) in [6.07, 6.45) is 1.47. The number of benzene rings is 2. The van der Waals surface area contributed by atoms with Crippen molar-refractivity contribution in [3.8, 4) is 11.5 Å². The van der Waals surface area contributed by atoms with E-state index in [0.29, 0.717) is 41.8 Å². The number of rotatable bonds is 7. The highest BCUT2D eigenvalue weighted by molar-refractivity contribution is 6.40. The summed E-state index contributed by atoms with van der Waals surface area (Å²) in [5.74, 6) is -0.341. The van der Waals surface area contributed by atoms with Gasteiger partial charge in [-0.25, -0.2) is 0 Å². The van der Waals surface area contributed by atoms with E-state index in [9.17, 15) is 14.4 Å². The van der Waals surface area contributed by atoms with Gasteiger partial charge in [-0.2, -0.15) is 0 Å². The number of carbonyl (C=O) groups excluding carboxylic acids is 3. The smallest absolute Gasteiger partial charge is 0.313 e. The van der Waals surface area contributed by atoms with Gasteiger partial charge in [0.15, 0.2) is 6.61 Å². The third kappa shape index (κ3) is 6.62. The monoisotopic (exact) mass is 459 g/mol. The van der Waals surface area contributed by atoms with Crippen molar-refractivity contribution in [2.45, 2.75) is 12.8 Å². The fourth-order valence-corrected chi connectivity index (χ4v) is 3.59. The van der Waals surface area contributed by atoms with Gasteiger partial charge in [0.25, 0.3) is 5.91 Å². The van der Waals surface area contributed by atoms with Crippen molar-refractivity contribution < 1.29 is 23.9 Å². The van der Waals surface area contributed by atoms with E-state index in [-0.39, 0.29) is 18.4 Å². The van der Waals surface area contributed by atoms with Crippen molar-refractivity contribution in [3.63, 3.8) is 0 Å². The minimum absolute atomic E-state index is 0.00144. The topological polar surface area (TPSA) is 97.0 Å². The minimum Gasteiger partial charge on any atom is -0.495 e. The van der Waals surface area contributed by atoms with Crippen LogP contribution in [-0.2, 0) is 14.4 Å². The first kappa shape index (κ1) is 23.4. The van der Waals surface area contributed by atoms with E-state index in [4.69, 9.17) is 21.1 Å². The van der Waals surface area contributed by atoms with Crippen LogP contribution in [0.5, 0.6) is 11.5 Å². The second-order valence-electron chi connectivity index (χ2n) is 7.43. The molecule has 0 unspecified atom stereocenters. The van der Waals surface area contributed by atoms with Crippen LogP contribution in [0.4, 0.5) is 5.69 Å². The number of nitrogens with one attached hydrogen (secondary N) is 2.